The molecule has 2 atom stereocenters. The fourth-order valence-corrected chi connectivity index (χ4v) is 4.63. The van der Waals surface area contributed by atoms with Crippen LogP contribution in [0.15, 0.2) is 109 Å². The van der Waals surface area contributed by atoms with Crippen molar-refractivity contribution in [2.45, 2.75) is 38.0 Å². The van der Waals surface area contributed by atoms with Crippen LogP contribution in [-0.4, -0.2) is 12.2 Å². The molecule has 0 bridgehead atoms. The van der Waals surface area contributed by atoms with Crippen LogP contribution in [0.3, 0.4) is 0 Å². The summed E-state index contributed by atoms with van der Waals surface area (Å²) in [5, 5.41) is 0. The number of hydrogen-bond donors (Lipinski definition) is 0. The minimum absolute atomic E-state index is 0.317. The summed E-state index contributed by atoms with van der Waals surface area (Å²) in [7, 11) is 0. The number of hydrogen-bond acceptors (Lipinski definition) is 3. The lowest BCUT2D eigenvalue weighted by Gasteiger charge is -2.25. The number of rotatable bonds is 9. The van der Waals surface area contributed by atoms with Gasteiger partial charge < -0.3 is 9.47 Å². The molecule has 0 saturated carbocycles. The number of amides is 1. The van der Waals surface area contributed by atoms with Gasteiger partial charge in [-0.05, 0) is 72.4 Å². The van der Waals surface area contributed by atoms with Gasteiger partial charge in [0.05, 0.1) is 0 Å². The molecule has 36 heavy (non-hydrogen) atoms. The molecule has 4 aromatic carbocycles. The summed E-state index contributed by atoms with van der Waals surface area (Å²) in [5.41, 5.74) is 3.91. The van der Waals surface area contributed by atoms with Crippen LogP contribution >= 0.6 is 0 Å². The SMILES string of the molecule is O=C1OC(CCCc2ccccc2)C(c2ccc(OCc3ccccc3)cc2)N1c1ccc(F)cc1. The summed E-state index contributed by atoms with van der Waals surface area (Å²) in [6, 6.07) is 33.7. The Kier molecular flexibility index (Phi) is 7.27. The predicted molar refractivity (Wildman–Crippen MR) is 138 cm³/mol. The lowest BCUT2D eigenvalue weighted by atomic mass is 9.95. The molecule has 5 heteroatoms. The number of nitrogens with zero attached hydrogens (tertiary/aromatic N) is 1. The van der Waals surface area contributed by atoms with Gasteiger partial charge in [0.15, 0.2) is 0 Å². The third kappa shape index (κ3) is 5.57. The van der Waals surface area contributed by atoms with Gasteiger partial charge in [-0.15, -0.1) is 0 Å². The van der Waals surface area contributed by atoms with E-state index >= 15 is 0 Å². The molecule has 2 unspecified atom stereocenters. The molecule has 0 aliphatic carbocycles. The minimum atomic E-state index is -0.416. The Hall–Kier alpha value is -4.12. The van der Waals surface area contributed by atoms with E-state index in [1.54, 1.807) is 17.0 Å². The molecule has 0 radical (unpaired) electrons. The van der Waals surface area contributed by atoms with Crippen LogP contribution in [0, 0.1) is 5.82 Å². The van der Waals surface area contributed by atoms with Crippen molar-refractivity contribution >= 4 is 11.8 Å². The Balaban J connectivity index is 1.35. The minimum Gasteiger partial charge on any atom is -0.489 e. The van der Waals surface area contributed by atoms with E-state index in [1.165, 1.54) is 17.7 Å². The summed E-state index contributed by atoms with van der Waals surface area (Å²) < 4.78 is 25.4. The molecule has 0 N–H and O–H groups in total. The number of benzene rings is 4. The van der Waals surface area contributed by atoms with Crippen molar-refractivity contribution in [1.82, 2.24) is 0 Å². The van der Waals surface area contributed by atoms with Crippen LogP contribution < -0.4 is 9.64 Å². The Morgan fingerprint density at radius 3 is 2.08 bits per heavy atom. The number of carbonyl (C=O) groups is 1. The molecule has 4 nitrogen and oxygen atoms in total. The highest BCUT2D eigenvalue weighted by molar-refractivity contribution is 5.91. The monoisotopic (exact) mass is 481 g/mol. The summed E-state index contributed by atoms with van der Waals surface area (Å²) in [6.07, 6.45) is 1.77. The first-order valence-electron chi connectivity index (χ1n) is 12.2. The second-order valence-electron chi connectivity index (χ2n) is 8.93. The molecule has 0 spiro atoms. The largest absolute Gasteiger partial charge is 0.489 e. The van der Waals surface area contributed by atoms with E-state index in [2.05, 4.69) is 12.1 Å². The number of cyclic esters (lactones) is 1. The summed E-state index contributed by atoms with van der Waals surface area (Å²) in [6.45, 7) is 0.481. The predicted octanol–water partition coefficient (Wildman–Crippen LogP) is 7.49. The van der Waals surface area contributed by atoms with Gasteiger partial charge in [0.2, 0.25) is 0 Å². The molecule has 1 fully saturated rings. The summed E-state index contributed by atoms with van der Waals surface area (Å²) >= 11 is 0. The van der Waals surface area contributed by atoms with E-state index in [0.717, 1.165) is 36.1 Å². The first kappa shape index (κ1) is 23.6. The van der Waals surface area contributed by atoms with Crippen LogP contribution in [0.1, 0.15) is 35.6 Å². The molecule has 0 aromatic heterocycles. The molecule has 1 heterocycles. The maximum atomic E-state index is 13.6. The van der Waals surface area contributed by atoms with Crippen molar-refractivity contribution in [2.75, 3.05) is 4.90 Å². The van der Waals surface area contributed by atoms with Crippen LogP contribution in [-0.2, 0) is 17.8 Å². The van der Waals surface area contributed by atoms with E-state index in [4.69, 9.17) is 9.47 Å². The lowest BCUT2D eigenvalue weighted by Crippen LogP contribution is -2.29. The number of aryl methyl sites for hydroxylation is 1. The zero-order chi connectivity index (χ0) is 24.7. The van der Waals surface area contributed by atoms with Crippen molar-refractivity contribution in [3.63, 3.8) is 0 Å². The highest BCUT2D eigenvalue weighted by Crippen LogP contribution is 2.40. The molecule has 1 saturated heterocycles. The average molecular weight is 482 g/mol. The number of halogens is 1. The van der Waals surface area contributed by atoms with E-state index in [0.29, 0.717) is 12.3 Å². The molecule has 182 valence electrons. The van der Waals surface area contributed by atoms with Gasteiger partial charge in [0.25, 0.3) is 0 Å². The van der Waals surface area contributed by atoms with Crippen molar-refractivity contribution in [3.8, 4) is 5.75 Å². The maximum absolute atomic E-state index is 13.6. The Labute approximate surface area is 210 Å². The average Bonchev–Trinajstić information content (AvgIpc) is 3.25. The number of carbonyl (C=O) groups excluding carboxylic acids is 1. The molecule has 1 amide bonds. The fourth-order valence-electron chi connectivity index (χ4n) is 4.63. The fraction of sp³-hybridized carbons (Fsp3) is 0.194. The molecular weight excluding hydrogens is 453 g/mol. The lowest BCUT2D eigenvalue weighted by molar-refractivity contribution is 0.125. The topological polar surface area (TPSA) is 38.8 Å². The normalized spacial score (nSPS) is 17.1. The van der Waals surface area contributed by atoms with E-state index in [1.807, 2.05) is 72.8 Å². The van der Waals surface area contributed by atoms with E-state index < -0.39 is 6.09 Å². The van der Waals surface area contributed by atoms with Crippen molar-refractivity contribution in [3.05, 3.63) is 132 Å². The zero-order valence-corrected chi connectivity index (χ0v) is 19.9. The molecule has 5 rings (SSSR count). The smallest absolute Gasteiger partial charge is 0.415 e. The Morgan fingerprint density at radius 1 is 0.778 bits per heavy atom. The molecule has 1 aliphatic rings. The zero-order valence-electron chi connectivity index (χ0n) is 19.9. The number of ether oxygens (including phenoxy) is 2. The van der Waals surface area contributed by atoms with Crippen LogP contribution in [0.4, 0.5) is 14.9 Å². The van der Waals surface area contributed by atoms with Gasteiger partial charge in [-0.2, -0.15) is 0 Å². The first-order chi connectivity index (χ1) is 17.7. The quantitative estimate of drug-likeness (QED) is 0.249. The van der Waals surface area contributed by atoms with Gasteiger partial charge in [0, 0.05) is 5.69 Å². The van der Waals surface area contributed by atoms with Crippen LogP contribution in [0.25, 0.3) is 0 Å². The number of anilines is 1. The second-order valence-corrected chi connectivity index (χ2v) is 8.93. The van der Waals surface area contributed by atoms with Gasteiger partial charge in [-0.3, -0.25) is 4.90 Å². The molecule has 1 aliphatic heterocycles. The Morgan fingerprint density at radius 2 is 1.42 bits per heavy atom. The standard InChI is InChI=1S/C31H28FNO3/c32-26-16-18-27(19-17-26)33-30(29(36-31(33)34)13-7-12-23-8-3-1-4-9-23)25-14-20-28(21-15-25)35-22-24-10-5-2-6-11-24/h1-6,8-11,14-21,29-30H,7,12-13,22H2. The van der Waals surface area contributed by atoms with Crippen LogP contribution in [0.5, 0.6) is 5.75 Å². The maximum Gasteiger partial charge on any atom is 0.415 e. The second kappa shape index (κ2) is 11.1. The Bertz CT molecular complexity index is 1260. The summed E-state index contributed by atoms with van der Waals surface area (Å²) in [5.74, 6) is 0.406. The summed E-state index contributed by atoms with van der Waals surface area (Å²) in [4.78, 5) is 14.6. The van der Waals surface area contributed by atoms with E-state index in [9.17, 15) is 9.18 Å². The molecular formula is C31H28FNO3. The highest BCUT2D eigenvalue weighted by atomic mass is 19.1. The third-order valence-electron chi connectivity index (χ3n) is 6.45. The molecule has 4 aromatic rings. The van der Waals surface area contributed by atoms with Crippen molar-refractivity contribution in [1.29, 1.82) is 0 Å². The van der Waals surface area contributed by atoms with Gasteiger partial charge in [0.1, 0.15) is 30.3 Å². The first-order valence-corrected chi connectivity index (χ1v) is 12.2. The van der Waals surface area contributed by atoms with E-state index in [-0.39, 0.29) is 18.0 Å². The van der Waals surface area contributed by atoms with Gasteiger partial charge in [-0.25, -0.2) is 9.18 Å². The van der Waals surface area contributed by atoms with Crippen molar-refractivity contribution < 1.29 is 18.7 Å². The van der Waals surface area contributed by atoms with Gasteiger partial charge >= 0.3 is 6.09 Å². The van der Waals surface area contributed by atoms with Gasteiger partial charge in [-0.1, -0.05) is 72.8 Å². The van der Waals surface area contributed by atoms with Crippen molar-refractivity contribution in [2.24, 2.45) is 0 Å². The third-order valence-corrected chi connectivity index (χ3v) is 6.45. The van der Waals surface area contributed by atoms with Crippen LogP contribution in [0.2, 0.25) is 0 Å². The highest BCUT2D eigenvalue weighted by Gasteiger charge is 2.43.